The van der Waals surface area contributed by atoms with E-state index in [0.29, 0.717) is 28.3 Å². The fourth-order valence-electron chi connectivity index (χ4n) is 6.78. The molecule has 29 heavy (non-hydrogen) atoms. The lowest BCUT2D eigenvalue weighted by Gasteiger charge is -2.59. The van der Waals surface area contributed by atoms with Crippen LogP contribution < -0.4 is 5.32 Å². The van der Waals surface area contributed by atoms with E-state index >= 15 is 0 Å². The third-order valence-corrected chi connectivity index (χ3v) is 9.53. The Morgan fingerprint density at radius 3 is 1.79 bits per heavy atom. The van der Waals surface area contributed by atoms with E-state index < -0.39 is 0 Å². The largest absolute Gasteiger partial charge is 0.350 e. The zero-order valence-corrected chi connectivity index (χ0v) is 20.0. The molecule has 0 atom stereocenters. The Morgan fingerprint density at radius 2 is 1.34 bits per heavy atom. The molecule has 5 aliphatic rings. The molecule has 0 aromatic carbocycles. The molecular weight excluding hydrogens is 358 g/mol. The number of fused-ring (bicyclic) bond motifs is 3. The number of carbonyl (C=O) groups excluding carboxylic acids is 1. The zero-order valence-electron chi connectivity index (χ0n) is 20.0. The van der Waals surface area contributed by atoms with Gasteiger partial charge in [-0.1, -0.05) is 20.8 Å². The molecule has 5 rings (SSSR count). The molecule has 1 amide bonds. The van der Waals surface area contributed by atoms with Gasteiger partial charge in [-0.2, -0.15) is 0 Å². The lowest BCUT2D eigenvalue weighted by atomic mass is 9.49. The van der Waals surface area contributed by atoms with Gasteiger partial charge in [-0.05, 0) is 101 Å². The van der Waals surface area contributed by atoms with Gasteiger partial charge >= 0.3 is 0 Å². The van der Waals surface area contributed by atoms with Crippen LogP contribution in [0.25, 0.3) is 0 Å². The van der Waals surface area contributed by atoms with Crippen molar-refractivity contribution in [3.05, 3.63) is 0 Å². The number of rotatable bonds is 3. The summed E-state index contributed by atoms with van der Waals surface area (Å²) in [7, 11) is 0. The van der Waals surface area contributed by atoms with Gasteiger partial charge in [-0.25, -0.2) is 0 Å². The predicted octanol–water partition coefficient (Wildman–Crippen LogP) is 4.44. The van der Waals surface area contributed by atoms with E-state index in [4.69, 9.17) is 0 Å². The van der Waals surface area contributed by atoms with Crippen molar-refractivity contribution in [1.82, 2.24) is 15.1 Å². The van der Waals surface area contributed by atoms with Crippen molar-refractivity contribution in [1.29, 1.82) is 0 Å². The van der Waals surface area contributed by atoms with Crippen molar-refractivity contribution >= 4 is 5.91 Å². The molecule has 0 aromatic rings. The van der Waals surface area contributed by atoms with E-state index in [0.717, 1.165) is 13.1 Å². The number of piperidine rings is 1. The summed E-state index contributed by atoms with van der Waals surface area (Å²) in [6.45, 7) is 19.5. The van der Waals surface area contributed by atoms with Crippen molar-refractivity contribution in [2.45, 2.75) is 104 Å². The van der Waals surface area contributed by atoms with Gasteiger partial charge in [-0.3, -0.25) is 14.6 Å². The van der Waals surface area contributed by atoms with Crippen LogP contribution in [0.15, 0.2) is 0 Å². The number of likely N-dealkylation sites (tertiary alicyclic amines) is 2. The van der Waals surface area contributed by atoms with E-state index in [1.807, 2.05) is 0 Å². The molecule has 2 saturated heterocycles. The lowest BCUT2D eigenvalue weighted by molar-refractivity contribution is -0.130. The molecule has 0 aromatic heterocycles. The average Bonchev–Trinajstić information content (AvgIpc) is 2.60. The number of nitrogens with zero attached hydrogens (tertiary/aromatic N) is 2. The summed E-state index contributed by atoms with van der Waals surface area (Å²) in [6.07, 6.45) is 9.91. The second-order valence-electron chi connectivity index (χ2n) is 13.2. The van der Waals surface area contributed by atoms with Crippen LogP contribution in [0.4, 0.5) is 0 Å². The van der Waals surface area contributed by atoms with Crippen molar-refractivity contribution < 1.29 is 4.79 Å². The molecular formula is C25H45N3O. The SMILES string of the molecule is CC(C)(C)N1CC2(CCN(CC(=O)NC34CCC(C(C)(C)C)(CC3)CC4)CC2)C1. The van der Waals surface area contributed by atoms with Crippen molar-refractivity contribution in [2.24, 2.45) is 16.2 Å². The van der Waals surface area contributed by atoms with Crippen LogP contribution in [0.3, 0.4) is 0 Å². The van der Waals surface area contributed by atoms with Crippen molar-refractivity contribution in [2.75, 3.05) is 32.7 Å². The molecule has 2 heterocycles. The van der Waals surface area contributed by atoms with E-state index in [1.54, 1.807) is 0 Å². The molecule has 5 fully saturated rings. The summed E-state index contributed by atoms with van der Waals surface area (Å²) in [5, 5.41) is 3.52. The Morgan fingerprint density at radius 1 is 0.828 bits per heavy atom. The van der Waals surface area contributed by atoms with Gasteiger partial charge in [0.15, 0.2) is 0 Å². The fourth-order valence-corrected chi connectivity index (χ4v) is 6.78. The highest BCUT2D eigenvalue weighted by atomic mass is 16.2. The van der Waals surface area contributed by atoms with Crippen LogP contribution in [0, 0.1) is 16.2 Å². The Kier molecular flexibility index (Phi) is 5.18. The molecule has 4 heteroatoms. The molecule has 0 radical (unpaired) electrons. The second kappa shape index (κ2) is 6.95. The van der Waals surface area contributed by atoms with Crippen LogP contribution in [-0.4, -0.2) is 59.5 Å². The van der Waals surface area contributed by atoms with Gasteiger partial charge in [0.2, 0.25) is 5.91 Å². The minimum atomic E-state index is 0.0995. The molecule has 1 spiro atoms. The van der Waals surface area contributed by atoms with Crippen LogP contribution in [0.5, 0.6) is 0 Å². The molecule has 0 unspecified atom stereocenters. The first kappa shape index (κ1) is 21.6. The third-order valence-electron chi connectivity index (χ3n) is 9.53. The second-order valence-corrected chi connectivity index (χ2v) is 13.2. The van der Waals surface area contributed by atoms with Gasteiger partial charge in [0, 0.05) is 24.2 Å². The fraction of sp³-hybridized carbons (Fsp3) is 0.960. The summed E-state index contributed by atoms with van der Waals surface area (Å²) in [6, 6.07) is 0. The molecule has 3 aliphatic carbocycles. The predicted molar refractivity (Wildman–Crippen MR) is 120 cm³/mol. The smallest absolute Gasteiger partial charge is 0.234 e. The Labute approximate surface area is 179 Å². The minimum absolute atomic E-state index is 0.0995. The summed E-state index contributed by atoms with van der Waals surface area (Å²) in [5.41, 5.74) is 1.82. The highest BCUT2D eigenvalue weighted by Crippen LogP contribution is 2.60. The van der Waals surface area contributed by atoms with Gasteiger partial charge in [0.25, 0.3) is 0 Å². The summed E-state index contributed by atoms with van der Waals surface area (Å²) >= 11 is 0. The number of carbonyl (C=O) groups is 1. The van der Waals surface area contributed by atoms with E-state index in [9.17, 15) is 4.79 Å². The highest BCUT2D eigenvalue weighted by molar-refractivity contribution is 5.79. The van der Waals surface area contributed by atoms with E-state index in [2.05, 4.69) is 56.7 Å². The van der Waals surface area contributed by atoms with Gasteiger partial charge in [-0.15, -0.1) is 0 Å². The Balaban J connectivity index is 1.23. The number of hydrogen-bond donors (Lipinski definition) is 1. The first-order valence-corrected chi connectivity index (χ1v) is 12.1. The zero-order chi connectivity index (χ0) is 21.1. The Bertz CT molecular complexity index is 601. The molecule has 4 nitrogen and oxygen atoms in total. The maximum Gasteiger partial charge on any atom is 0.234 e. The quantitative estimate of drug-likeness (QED) is 0.757. The first-order valence-electron chi connectivity index (χ1n) is 12.1. The normalized spacial score (nSPS) is 35.5. The Hall–Kier alpha value is -0.610. The van der Waals surface area contributed by atoms with Crippen LogP contribution >= 0.6 is 0 Å². The molecule has 2 aliphatic heterocycles. The lowest BCUT2D eigenvalue weighted by Crippen LogP contribution is -2.65. The standard InChI is InChI=1S/C25H45N3O/c1-21(2,3)24-7-10-25(11-8-24,12-9-24)26-20(29)17-27-15-13-23(14-16-27)18-28(19-23)22(4,5)6/h7-19H2,1-6H3,(H,26,29). The van der Waals surface area contributed by atoms with Crippen molar-refractivity contribution in [3.63, 3.8) is 0 Å². The first-order chi connectivity index (χ1) is 13.4. The highest BCUT2D eigenvalue weighted by Gasteiger charge is 2.54. The van der Waals surface area contributed by atoms with E-state index in [-0.39, 0.29) is 11.4 Å². The molecule has 3 saturated carbocycles. The van der Waals surface area contributed by atoms with Gasteiger partial charge in [0.1, 0.15) is 0 Å². The van der Waals surface area contributed by atoms with Gasteiger partial charge < -0.3 is 5.32 Å². The van der Waals surface area contributed by atoms with E-state index in [1.165, 1.54) is 64.5 Å². The van der Waals surface area contributed by atoms with Crippen LogP contribution in [0.2, 0.25) is 0 Å². The summed E-state index contributed by atoms with van der Waals surface area (Å²) in [4.78, 5) is 17.9. The van der Waals surface area contributed by atoms with Crippen LogP contribution in [0.1, 0.15) is 92.9 Å². The average molecular weight is 404 g/mol. The molecule has 2 bridgehead atoms. The maximum absolute atomic E-state index is 12.9. The summed E-state index contributed by atoms with van der Waals surface area (Å²) < 4.78 is 0. The number of nitrogens with one attached hydrogen (secondary N) is 1. The monoisotopic (exact) mass is 403 g/mol. The van der Waals surface area contributed by atoms with Crippen molar-refractivity contribution in [3.8, 4) is 0 Å². The topological polar surface area (TPSA) is 35.6 Å². The number of amides is 1. The van der Waals surface area contributed by atoms with Gasteiger partial charge in [0.05, 0.1) is 6.54 Å². The molecule has 166 valence electrons. The third kappa shape index (κ3) is 4.01. The maximum atomic E-state index is 12.9. The number of hydrogen-bond acceptors (Lipinski definition) is 3. The van der Waals surface area contributed by atoms with Crippen LogP contribution in [-0.2, 0) is 4.79 Å². The minimum Gasteiger partial charge on any atom is -0.350 e. The molecule has 1 N–H and O–H groups in total. The summed E-state index contributed by atoms with van der Waals surface area (Å²) in [5.74, 6) is 0.274.